The van der Waals surface area contributed by atoms with Crippen molar-refractivity contribution in [3.05, 3.63) is 47.8 Å². The Morgan fingerprint density at radius 1 is 1.05 bits per heavy atom. The lowest BCUT2D eigenvalue weighted by Gasteiger charge is -2.25. The molecule has 2 fully saturated rings. The topological polar surface area (TPSA) is 26.0 Å². The molecule has 2 bridgehead atoms. The molecule has 2 saturated carbocycles. The second-order valence-corrected chi connectivity index (χ2v) is 6.96. The lowest BCUT2D eigenvalue weighted by atomic mass is 9.82. The van der Waals surface area contributed by atoms with E-state index in [1.54, 1.807) is 6.07 Å². The Kier molecular flexibility index (Phi) is 3.22. The highest BCUT2D eigenvalue weighted by Gasteiger charge is 2.39. The van der Waals surface area contributed by atoms with Gasteiger partial charge in [0.25, 0.3) is 0 Å². The Balaban J connectivity index is 1.62. The highest BCUT2D eigenvalue weighted by molar-refractivity contribution is 5.86. The summed E-state index contributed by atoms with van der Waals surface area (Å²) in [7, 11) is 0. The molecule has 2 aliphatic carbocycles. The standard InChI is InChI=1S/C19H22FN/c20-18-8-7-17(15-3-1-2-4-16(15)18)19(21)11-14-10-12-5-6-13(14)9-12/h1-4,7-8,12-14,19H,5-6,9-11,21H2. The van der Waals surface area contributed by atoms with Crippen LogP contribution in [-0.2, 0) is 0 Å². The minimum Gasteiger partial charge on any atom is -0.324 e. The third-order valence-corrected chi connectivity index (χ3v) is 5.75. The number of fused-ring (bicyclic) bond motifs is 3. The average molecular weight is 283 g/mol. The van der Waals surface area contributed by atoms with Gasteiger partial charge in [0, 0.05) is 11.4 Å². The largest absolute Gasteiger partial charge is 0.324 e. The fourth-order valence-corrected chi connectivity index (χ4v) is 4.73. The molecule has 0 aromatic heterocycles. The Morgan fingerprint density at radius 2 is 1.86 bits per heavy atom. The second kappa shape index (κ2) is 5.10. The molecule has 0 spiro atoms. The summed E-state index contributed by atoms with van der Waals surface area (Å²) in [4.78, 5) is 0. The summed E-state index contributed by atoms with van der Waals surface area (Å²) < 4.78 is 13.9. The first-order valence-corrected chi connectivity index (χ1v) is 8.15. The summed E-state index contributed by atoms with van der Waals surface area (Å²) in [6.45, 7) is 0. The van der Waals surface area contributed by atoms with Crippen LogP contribution in [0.25, 0.3) is 10.8 Å². The van der Waals surface area contributed by atoms with Gasteiger partial charge >= 0.3 is 0 Å². The van der Waals surface area contributed by atoms with E-state index >= 15 is 0 Å². The number of hydrogen-bond donors (Lipinski definition) is 1. The third-order valence-electron chi connectivity index (χ3n) is 5.75. The van der Waals surface area contributed by atoms with Crippen molar-refractivity contribution in [2.75, 3.05) is 0 Å². The van der Waals surface area contributed by atoms with Crippen LogP contribution in [0.2, 0.25) is 0 Å². The van der Waals surface area contributed by atoms with Gasteiger partial charge in [0.05, 0.1) is 0 Å². The molecule has 1 nitrogen and oxygen atoms in total. The summed E-state index contributed by atoms with van der Waals surface area (Å²) in [6.07, 6.45) is 6.65. The molecule has 4 unspecified atom stereocenters. The zero-order valence-electron chi connectivity index (χ0n) is 12.3. The quantitative estimate of drug-likeness (QED) is 0.860. The molecular weight excluding hydrogens is 261 g/mol. The summed E-state index contributed by atoms with van der Waals surface area (Å²) in [5.74, 6) is 2.48. The van der Waals surface area contributed by atoms with Crippen molar-refractivity contribution in [2.24, 2.45) is 23.5 Å². The van der Waals surface area contributed by atoms with Crippen molar-refractivity contribution < 1.29 is 4.39 Å². The van der Waals surface area contributed by atoms with E-state index in [1.807, 2.05) is 30.3 Å². The molecule has 0 saturated heterocycles. The van der Waals surface area contributed by atoms with Crippen LogP contribution in [0.5, 0.6) is 0 Å². The maximum absolute atomic E-state index is 13.9. The molecule has 2 N–H and O–H groups in total. The van der Waals surface area contributed by atoms with E-state index in [0.717, 1.165) is 35.1 Å². The van der Waals surface area contributed by atoms with E-state index < -0.39 is 0 Å². The molecule has 21 heavy (non-hydrogen) atoms. The lowest BCUT2D eigenvalue weighted by molar-refractivity contribution is 0.296. The Bertz CT molecular complexity index is 666. The molecule has 2 aromatic rings. The molecule has 0 heterocycles. The van der Waals surface area contributed by atoms with Crippen molar-refractivity contribution >= 4 is 10.8 Å². The summed E-state index contributed by atoms with van der Waals surface area (Å²) >= 11 is 0. The Hall–Kier alpha value is -1.41. The van der Waals surface area contributed by atoms with Crippen LogP contribution >= 0.6 is 0 Å². The molecule has 4 atom stereocenters. The SMILES string of the molecule is NC(CC1CC2CCC1C2)c1ccc(F)c2ccccc12. The van der Waals surface area contributed by atoms with Gasteiger partial charge in [-0.3, -0.25) is 0 Å². The van der Waals surface area contributed by atoms with Gasteiger partial charge in [0.15, 0.2) is 0 Å². The van der Waals surface area contributed by atoms with Gasteiger partial charge in [-0.15, -0.1) is 0 Å². The number of hydrogen-bond acceptors (Lipinski definition) is 1. The van der Waals surface area contributed by atoms with Gasteiger partial charge in [-0.25, -0.2) is 4.39 Å². The summed E-state index contributed by atoms with van der Waals surface area (Å²) in [5, 5.41) is 1.67. The van der Waals surface area contributed by atoms with Crippen LogP contribution in [0.3, 0.4) is 0 Å². The fourth-order valence-electron chi connectivity index (χ4n) is 4.73. The molecule has 110 valence electrons. The maximum atomic E-state index is 13.9. The summed E-state index contributed by atoms with van der Waals surface area (Å²) in [5.41, 5.74) is 7.61. The van der Waals surface area contributed by atoms with Crippen LogP contribution in [0.15, 0.2) is 36.4 Å². The van der Waals surface area contributed by atoms with E-state index in [4.69, 9.17) is 5.73 Å². The molecule has 0 radical (unpaired) electrons. The van der Waals surface area contributed by atoms with Crippen LogP contribution in [0.1, 0.15) is 43.7 Å². The number of nitrogens with two attached hydrogens (primary N) is 1. The van der Waals surface area contributed by atoms with Crippen molar-refractivity contribution in [2.45, 2.75) is 38.1 Å². The van der Waals surface area contributed by atoms with Crippen molar-refractivity contribution in [1.29, 1.82) is 0 Å². The number of rotatable bonds is 3. The number of benzene rings is 2. The van der Waals surface area contributed by atoms with Gasteiger partial charge < -0.3 is 5.73 Å². The molecule has 2 aliphatic rings. The monoisotopic (exact) mass is 283 g/mol. The minimum absolute atomic E-state index is 0.0276. The van der Waals surface area contributed by atoms with E-state index in [2.05, 4.69) is 0 Å². The molecule has 4 rings (SSSR count). The normalized spacial score (nSPS) is 29.1. The smallest absolute Gasteiger partial charge is 0.131 e. The molecule has 2 aromatic carbocycles. The zero-order chi connectivity index (χ0) is 14.4. The lowest BCUT2D eigenvalue weighted by Crippen LogP contribution is -2.19. The van der Waals surface area contributed by atoms with E-state index in [9.17, 15) is 4.39 Å². The van der Waals surface area contributed by atoms with E-state index in [-0.39, 0.29) is 11.9 Å². The van der Waals surface area contributed by atoms with Crippen molar-refractivity contribution in [3.8, 4) is 0 Å². The first-order valence-electron chi connectivity index (χ1n) is 8.15. The van der Waals surface area contributed by atoms with E-state index in [1.165, 1.54) is 25.7 Å². The van der Waals surface area contributed by atoms with Gasteiger partial charge in [0.1, 0.15) is 5.82 Å². The predicted octanol–water partition coefficient (Wildman–Crippen LogP) is 4.81. The molecule has 0 amide bonds. The fraction of sp³-hybridized carbons (Fsp3) is 0.474. The molecular formula is C19H22FN. The maximum Gasteiger partial charge on any atom is 0.131 e. The third kappa shape index (κ3) is 2.26. The van der Waals surface area contributed by atoms with Gasteiger partial charge in [0.2, 0.25) is 0 Å². The first-order chi connectivity index (χ1) is 10.2. The first kappa shape index (κ1) is 13.3. The number of halogens is 1. The van der Waals surface area contributed by atoms with Crippen molar-refractivity contribution in [3.63, 3.8) is 0 Å². The second-order valence-electron chi connectivity index (χ2n) is 6.96. The molecule has 0 aliphatic heterocycles. The highest BCUT2D eigenvalue weighted by Crippen LogP contribution is 2.50. The highest BCUT2D eigenvalue weighted by atomic mass is 19.1. The van der Waals surface area contributed by atoms with Gasteiger partial charge in [-0.2, -0.15) is 0 Å². The zero-order valence-corrected chi connectivity index (χ0v) is 12.3. The van der Waals surface area contributed by atoms with Crippen LogP contribution in [-0.4, -0.2) is 0 Å². The summed E-state index contributed by atoms with van der Waals surface area (Å²) in [6, 6.07) is 11.2. The van der Waals surface area contributed by atoms with E-state index in [0.29, 0.717) is 5.39 Å². The van der Waals surface area contributed by atoms with Gasteiger partial charge in [-0.05, 0) is 60.5 Å². The Labute approximate surface area is 125 Å². The van der Waals surface area contributed by atoms with Gasteiger partial charge in [-0.1, -0.05) is 36.8 Å². The molecule has 2 heteroatoms. The predicted molar refractivity (Wildman–Crippen MR) is 84.4 cm³/mol. The van der Waals surface area contributed by atoms with Crippen LogP contribution in [0, 0.1) is 23.6 Å². The average Bonchev–Trinajstić information content (AvgIpc) is 3.10. The Morgan fingerprint density at radius 3 is 2.57 bits per heavy atom. The van der Waals surface area contributed by atoms with Crippen LogP contribution < -0.4 is 5.73 Å². The van der Waals surface area contributed by atoms with Crippen molar-refractivity contribution in [1.82, 2.24) is 0 Å². The minimum atomic E-state index is -0.151. The van der Waals surface area contributed by atoms with Crippen LogP contribution in [0.4, 0.5) is 4.39 Å².